The van der Waals surface area contributed by atoms with E-state index in [0.29, 0.717) is 5.69 Å². The Bertz CT molecular complexity index is 796. The molecule has 0 spiro atoms. The molecule has 3 rings (SSSR count). The Morgan fingerprint density at radius 2 is 2.00 bits per heavy atom. The van der Waals surface area contributed by atoms with Crippen molar-refractivity contribution in [1.82, 2.24) is 0 Å². The van der Waals surface area contributed by atoms with Crippen molar-refractivity contribution in [3.63, 3.8) is 0 Å². The standard InChI is InChI=1S/C19H17NO4/c21-12-15-5-3-6-16(10-15)20-19(22)7-2-1-4-14-8-9-17-18(11-14)24-13-23-17/h1-11,21H,12-13H2,(H,20,22)/b4-1+,7-2+. The fraction of sp³-hybridized carbons (Fsp3) is 0.105. The molecule has 1 aliphatic rings. The van der Waals surface area contributed by atoms with Gasteiger partial charge in [-0.15, -0.1) is 0 Å². The number of rotatable bonds is 5. The van der Waals surface area contributed by atoms with Crippen molar-refractivity contribution in [3.8, 4) is 11.5 Å². The van der Waals surface area contributed by atoms with Gasteiger partial charge in [0.15, 0.2) is 11.5 Å². The van der Waals surface area contributed by atoms with E-state index in [0.717, 1.165) is 22.6 Å². The molecule has 0 radical (unpaired) electrons. The van der Waals surface area contributed by atoms with Gasteiger partial charge in [-0.3, -0.25) is 4.79 Å². The summed E-state index contributed by atoms with van der Waals surface area (Å²) >= 11 is 0. The minimum Gasteiger partial charge on any atom is -0.454 e. The molecule has 0 saturated heterocycles. The van der Waals surface area contributed by atoms with Crippen LogP contribution in [0.15, 0.2) is 60.7 Å². The van der Waals surface area contributed by atoms with Crippen LogP contribution < -0.4 is 14.8 Å². The van der Waals surface area contributed by atoms with Gasteiger partial charge >= 0.3 is 0 Å². The number of fused-ring (bicyclic) bond motifs is 1. The van der Waals surface area contributed by atoms with Gasteiger partial charge in [0.2, 0.25) is 12.7 Å². The lowest BCUT2D eigenvalue weighted by Crippen LogP contribution is -2.07. The molecule has 0 aromatic heterocycles. The summed E-state index contributed by atoms with van der Waals surface area (Å²) in [6.07, 6.45) is 6.75. The van der Waals surface area contributed by atoms with Crippen LogP contribution in [0.5, 0.6) is 11.5 Å². The minimum atomic E-state index is -0.236. The van der Waals surface area contributed by atoms with Crippen LogP contribution in [0.25, 0.3) is 6.08 Å². The van der Waals surface area contributed by atoms with Crippen molar-refractivity contribution < 1.29 is 19.4 Å². The third-order valence-electron chi connectivity index (χ3n) is 3.42. The van der Waals surface area contributed by atoms with E-state index in [-0.39, 0.29) is 19.3 Å². The Morgan fingerprint density at radius 3 is 2.88 bits per heavy atom. The summed E-state index contributed by atoms with van der Waals surface area (Å²) in [5, 5.41) is 11.8. The molecule has 5 heteroatoms. The van der Waals surface area contributed by atoms with Crippen LogP contribution in [0.2, 0.25) is 0 Å². The summed E-state index contributed by atoms with van der Waals surface area (Å²) in [6, 6.07) is 12.7. The minimum absolute atomic E-state index is 0.0577. The molecule has 122 valence electrons. The first-order valence-electron chi connectivity index (χ1n) is 7.50. The molecule has 0 bridgehead atoms. The first-order chi connectivity index (χ1) is 11.7. The quantitative estimate of drug-likeness (QED) is 0.655. The highest BCUT2D eigenvalue weighted by atomic mass is 16.7. The second-order valence-corrected chi connectivity index (χ2v) is 5.18. The van der Waals surface area contributed by atoms with Crippen molar-refractivity contribution in [3.05, 3.63) is 71.8 Å². The zero-order valence-electron chi connectivity index (χ0n) is 12.9. The normalized spacial score (nSPS) is 12.9. The number of hydrogen-bond acceptors (Lipinski definition) is 4. The van der Waals surface area contributed by atoms with Crippen LogP contribution in [0.4, 0.5) is 5.69 Å². The Hall–Kier alpha value is -3.05. The maximum absolute atomic E-state index is 11.8. The summed E-state index contributed by atoms with van der Waals surface area (Å²) in [5.74, 6) is 1.23. The topological polar surface area (TPSA) is 67.8 Å². The molecular formula is C19H17NO4. The first-order valence-corrected chi connectivity index (χ1v) is 7.50. The average Bonchev–Trinajstić information content (AvgIpc) is 3.06. The van der Waals surface area contributed by atoms with Gasteiger partial charge in [-0.25, -0.2) is 0 Å². The van der Waals surface area contributed by atoms with E-state index in [9.17, 15) is 4.79 Å². The predicted octanol–water partition coefficient (Wildman–Crippen LogP) is 3.12. The number of aliphatic hydroxyl groups is 1. The van der Waals surface area contributed by atoms with Crippen LogP contribution >= 0.6 is 0 Å². The third kappa shape index (κ3) is 4.02. The van der Waals surface area contributed by atoms with E-state index in [1.54, 1.807) is 36.4 Å². The van der Waals surface area contributed by atoms with Gasteiger partial charge in [-0.1, -0.05) is 36.4 Å². The van der Waals surface area contributed by atoms with E-state index in [2.05, 4.69) is 5.32 Å². The van der Waals surface area contributed by atoms with Crippen molar-refractivity contribution in [1.29, 1.82) is 0 Å². The maximum atomic E-state index is 11.8. The SMILES string of the molecule is O=C(/C=C/C=C/c1ccc2c(c1)OCO2)Nc1cccc(CO)c1. The van der Waals surface area contributed by atoms with E-state index in [1.807, 2.05) is 24.3 Å². The maximum Gasteiger partial charge on any atom is 0.248 e. The molecule has 2 aromatic carbocycles. The number of carbonyl (C=O) groups excluding carboxylic acids is 1. The van der Waals surface area contributed by atoms with E-state index in [1.165, 1.54) is 6.08 Å². The highest BCUT2D eigenvalue weighted by molar-refractivity contribution is 5.99. The van der Waals surface area contributed by atoms with Crippen molar-refractivity contribution in [2.24, 2.45) is 0 Å². The summed E-state index contributed by atoms with van der Waals surface area (Å²) in [7, 11) is 0. The number of allylic oxidation sites excluding steroid dienone is 2. The van der Waals surface area contributed by atoms with Crippen LogP contribution in [0.3, 0.4) is 0 Å². The molecule has 24 heavy (non-hydrogen) atoms. The molecule has 0 atom stereocenters. The molecule has 5 nitrogen and oxygen atoms in total. The van der Waals surface area contributed by atoms with Crippen LogP contribution in [-0.4, -0.2) is 17.8 Å². The van der Waals surface area contributed by atoms with Crippen LogP contribution in [0.1, 0.15) is 11.1 Å². The predicted molar refractivity (Wildman–Crippen MR) is 91.7 cm³/mol. The van der Waals surface area contributed by atoms with Gasteiger partial charge in [0.1, 0.15) is 0 Å². The Balaban J connectivity index is 1.56. The Kier molecular flexibility index (Phi) is 4.93. The molecule has 0 unspecified atom stereocenters. The molecule has 0 aliphatic carbocycles. The van der Waals surface area contributed by atoms with E-state index < -0.39 is 0 Å². The number of aliphatic hydroxyl groups excluding tert-OH is 1. The highest BCUT2D eigenvalue weighted by Crippen LogP contribution is 2.32. The number of ether oxygens (including phenoxy) is 2. The fourth-order valence-electron chi connectivity index (χ4n) is 2.26. The summed E-state index contributed by atoms with van der Waals surface area (Å²) in [4.78, 5) is 11.8. The number of hydrogen-bond donors (Lipinski definition) is 2. The molecule has 1 heterocycles. The molecule has 1 amide bonds. The number of benzene rings is 2. The first kappa shape index (κ1) is 15.8. The average molecular weight is 323 g/mol. The fourth-order valence-corrected chi connectivity index (χ4v) is 2.26. The van der Waals surface area contributed by atoms with E-state index >= 15 is 0 Å². The number of amides is 1. The number of carbonyl (C=O) groups is 1. The van der Waals surface area contributed by atoms with Gasteiger partial charge < -0.3 is 19.9 Å². The third-order valence-corrected chi connectivity index (χ3v) is 3.42. The lowest BCUT2D eigenvalue weighted by atomic mass is 10.2. The number of nitrogens with one attached hydrogen (secondary N) is 1. The molecule has 2 N–H and O–H groups in total. The van der Waals surface area contributed by atoms with Gasteiger partial charge in [-0.05, 0) is 35.4 Å². The largest absolute Gasteiger partial charge is 0.454 e. The summed E-state index contributed by atoms with van der Waals surface area (Å²) in [6.45, 7) is 0.192. The Labute approximate surface area is 139 Å². The van der Waals surface area contributed by atoms with Gasteiger partial charge in [0.25, 0.3) is 0 Å². The number of anilines is 1. The molecule has 0 fully saturated rings. The summed E-state index contributed by atoms with van der Waals surface area (Å²) in [5.41, 5.74) is 2.36. The zero-order valence-corrected chi connectivity index (χ0v) is 12.9. The van der Waals surface area contributed by atoms with Crippen molar-refractivity contribution in [2.75, 3.05) is 12.1 Å². The van der Waals surface area contributed by atoms with Crippen molar-refractivity contribution >= 4 is 17.7 Å². The molecule has 0 saturated carbocycles. The highest BCUT2D eigenvalue weighted by Gasteiger charge is 2.11. The van der Waals surface area contributed by atoms with Crippen LogP contribution in [-0.2, 0) is 11.4 Å². The molecule has 2 aromatic rings. The van der Waals surface area contributed by atoms with Gasteiger partial charge in [0, 0.05) is 11.8 Å². The summed E-state index contributed by atoms with van der Waals surface area (Å²) < 4.78 is 10.6. The van der Waals surface area contributed by atoms with Gasteiger partial charge in [0.05, 0.1) is 6.61 Å². The second-order valence-electron chi connectivity index (χ2n) is 5.18. The van der Waals surface area contributed by atoms with Crippen LogP contribution in [0, 0.1) is 0 Å². The molecule has 1 aliphatic heterocycles. The zero-order chi connectivity index (χ0) is 16.8. The smallest absolute Gasteiger partial charge is 0.248 e. The van der Waals surface area contributed by atoms with E-state index in [4.69, 9.17) is 14.6 Å². The Morgan fingerprint density at radius 1 is 1.12 bits per heavy atom. The molecular weight excluding hydrogens is 306 g/mol. The second kappa shape index (κ2) is 7.48. The van der Waals surface area contributed by atoms with Crippen molar-refractivity contribution in [2.45, 2.75) is 6.61 Å². The lowest BCUT2D eigenvalue weighted by molar-refractivity contribution is -0.111. The monoisotopic (exact) mass is 323 g/mol. The van der Waals surface area contributed by atoms with Gasteiger partial charge in [-0.2, -0.15) is 0 Å². The lowest BCUT2D eigenvalue weighted by Gasteiger charge is -2.03.